The van der Waals surface area contributed by atoms with Gasteiger partial charge in [0.05, 0.1) is 23.6 Å². The van der Waals surface area contributed by atoms with Crippen LogP contribution in [0.3, 0.4) is 0 Å². The summed E-state index contributed by atoms with van der Waals surface area (Å²) >= 11 is 6.51. The Bertz CT molecular complexity index is 1700. The van der Waals surface area contributed by atoms with E-state index in [4.69, 9.17) is 40.0 Å². The molecule has 2 aliphatic heterocycles. The van der Waals surface area contributed by atoms with Gasteiger partial charge in [-0.05, 0) is 51.0 Å². The molecule has 6 atom stereocenters. The maximum atomic E-state index is 14.3. The zero-order valence-electron chi connectivity index (χ0n) is 28.7. The van der Waals surface area contributed by atoms with E-state index in [1.54, 1.807) is 17.9 Å². The van der Waals surface area contributed by atoms with Gasteiger partial charge in [-0.3, -0.25) is 19.2 Å². The Morgan fingerprint density at radius 3 is 2.14 bits per heavy atom. The van der Waals surface area contributed by atoms with E-state index in [1.165, 1.54) is 21.0 Å². The van der Waals surface area contributed by atoms with Crippen LogP contribution >= 0.6 is 11.6 Å². The largest absolute Gasteiger partial charge is 0.467 e. The molecule has 0 unspecified atom stereocenters. The van der Waals surface area contributed by atoms with Crippen molar-refractivity contribution in [3.63, 3.8) is 0 Å². The Hall–Kier alpha value is -3.90. The molecule has 2 aromatic carbocycles. The van der Waals surface area contributed by atoms with Crippen molar-refractivity contribution >= 4 is 57.8 Å². The van der Waals surface area contributed by atoms with Crippen molar-refractivity contribution in [3.8, 4) is 5.75 Å². The van der Waals surface area contributed by atoms with Crippen molar-refractivity contribution in [3.05, 3.63) is 35.9 Å². The molecule has 12 nitrogen and oxygen atoms in total. The second kappa shape index (κ2) is 12.5. The molecule has 3 saturated carbocycles. The van der Waals surface area contributed by atoms with E-state index in [1.807, 2.05) is 45.0 Å². The van der Waals surface area contributed by atoms with Gasteiger partial charge in [-0.1, -0.05) is 31.2 Å². The van der Waals surface area contributed by atoms with Gasteiger partial charge in [0.1, 0.15) is 11.4 Å². The third-order valence-corrected chi connectivity index (χ3v) is 10.4. The maximum Gasteiger partial charge on any atom is 0.335 e. The van der Waals surface area contributed by atoms with Crippen molar-refractivity contribution in [2.75, 3.05) is 24.4 Å². The van der Waals surface area contributed by atoms with Crippen molar-refractivity contribution < 1.29 is 52.4 Å². The van der Waals surface area contributed by atoms with E-state index in [-0.39, 0.29) is 29.4 Å². The normalized spacial score (nSPS) is 31.5. The van der Waals surface area contributed by atoms with Crippen LogP contribution in [0.15, 0.2) is 30.3 Å². The number of anilines is 1. The fourth-order valence-electron chi connectivity index (χ4n) is 7.99. The van der Waals surface area contributed by atoms with Gasteiger partial charge in [-0.15, -0.1) is 11.6 Å². The molecule has 0 radical (unpaired) electrons. The summed E-state index contributed by atoms with van der Waals surface area (Å²) in [4.78, 5) is 66.3. The zero-order valence-corrected chi connectivity index (χ0v) is 29.5. The van der Waals surface area contributed by atoms with E-state index in [9.17, 15) is 24.0 Å². The van der Waals surface area contributed by atoms with E-state index in [0.29, 0.717) is 36.9 Å². The van der Waals surface area contributed by atoms with Crippen molar-refractivity contribution in [2.45, 2.75) is 96.9 Å². The topological polar surface area (TPSA) is 144 Å². The van der Waals surface area contributed by atoms with Crippen molar-refractivity contribution in [2.24, 2.45) is 16.7 Å². The monoisotopic (exact) mass is 699 g/mol. The molecular formula is C36H42ClNO11. The molecule has 0 spiro atoms. The third kappa shape index (κ3) is 6.00. The molecule has 1 amide bonds. The van der Waals surface area contributed by atoms with Gasteiger partial charge in [0.15, 0.2) is 12.2 Å². The zero-order chi connectivity index (χ0) is 35.6. The van der Waals surface area contributed by atoms with E-state index in [0.717, 1.165) is 10.9 Å². The summed E-state index contributed by atoms with van der Waals surface area (Å²) in [6, 6.07) is 9.20. The number of amides is 1. The molecule has 0 N–H and O–H groups in total. The number of methoxy groups -OCH3 is 1. The van der Waals surface area contributed by atoms with Gasteiger partial charge < -0.3 is 33.3 Å². The number of hydrogen-bond donors (Lipinski definition) is 0. The minimum Gasteiger partial charge on any atom is -0.467 e. The summed E-state index contributed by atoms with van der Waals surface area (Å²) in [5.41, 5.74) is -0.429. The highest BCUT2D eigenvalue weighted by molar-refractivity contribution is 6.19. The predicted octanol–water partition coefficient (Wildman–Crippen LogP) is 4.80. The molecule has 5 aliphatic rings. The van der Waals surface area contributed by atoms with Gasteiger partial charge in [-0.2, -0.15) is 0 Å². The maximum absolute atomic E-state index is 14.3. The molecule has 2 heterocycles. The number of alkyl halides is 1. The van der Waals surface area contributed by atoms with Crippen LogP contribution in [-0.2, 0) is 47.7 Å². The highest BCUT2D eigenvalue weighted by Gasteiger charge is 2.76. The van der Waals surface area contributed by atoms with Crippen LogP contribution in [-0.4, -0.2) is 79.5 Å². The number of ether oxygens (including phenoxy) is 6. The lowest BCUT2D eigenvalue weighted by atomic mass is 9.34. The summed E-state index contributed by atoms with van der Waals surface area (Å²) in [6.45, 7) is 9.87. The van der Waals surface area contributed by atoms with Gasteiger partial charge in [0.2, 0.25) is 18.3 Å². The molecule has 4 fully saturated rings. The highest BCUT2D eigenvalue weighted by Crippen LogP contribution is 2.74. The van der Waals surface area contributed by atoms with Crippen LogP contribution in [0.5, 0.6) is 5.75 Å². The smallest absolute Gasteiger partial charge is 0.335 e. The van der Waals surface area contributed by atoms with Crippen LogP contribution in [0.25, 0.3) is 10.8 Å². The minimum absolute atomic E-state index is 0.0887. The Kier molecular flexibility index (Phi) is 8.88. The Labute approximate surface area is 289 Å². The third-order valence-electron chi connectivity index (χ3n) is 10.0. The predicted molar refractivity (Wildman–Crippen MR) is 176 cm³/mol. The van der Waals surface area contributed by atoms with Crippen LogP contribution in [0.2, 0.25) is 0 Å². The highest BCUT2D eigenvalue weighted by atomic mass is 35.5. The van der Waals surface area contributed by atoms with Gasteiger partial charge in [0.25, 0.3) is 0 Å². The fraction of sp³-hybridized carbons (Fsp3) is 0.583. The molecule has 7 rings (SSSR count). The molecule has 49 heavy (non-hydrogen) atoms. The first-order valence-electron chi connectivity index (χ1n) is 16.4. The van der Waals surface area contributed by atoms with E-state index in [2.05, 4.69) is 0 Å². The lowest BCUT2D eigenvalue weighted by Gasteiger charge is -2.67. The first-order chi connectivity index (χ1) is 23.0. The van der Waals surface area contributed by atoms with Crippen molar-refractivity contribution in [1.29, 1.82) is 0 Å². The van der Waals surface area contributed by atoms with E-state index < -0.39 is 64.9 Å². The van der Waals surface area contributed by atoms with Crippen LogP contribution < -0.4 is 9.64 Å². The molecule has 2 aromatic rings. The summed E-state index contributed by atoms with van der Waals surface area (Å²) in [7, 11) is 1.21. The molecule has 13 heteroatoms. The summed E-state index contributed by atoms with van der Waals surface area (Å²) in [5.74, 6) is -2.78. The van der Waals surface area contributed by atoms with Gasteiger partial charge >= 0.3 is 23.9 Å². The fourth-order valence-corrected chi connectivity index (χ4v) is 8.24. The summed E-state index contributed by atoms with van der Waals surface area (Å²) < 4.78 is 34.4. The standard InChI is InChI=1S/C36H42ClNO11/c1-18-27(45-19(2)39)29(46-20(3)40)31(48-28(18)30(41)44-7)47-25-12-24-26(23-11-9-8-10-22(23)25)21(13-37)14-38(24)32(42)35-15-36(16-35,17-35)33(43)49-34(4,5)6/h8-12,18,21,27-29,31H,13-17H2,1-7H3/t18-,21+,27-,28-,29+,31+,35?,36?/m0/s1. The molecule has 2 bridgehead atoms. The summed E-state index contributed by atoms with van der Waals surface area (Å²) in [6.07, 6.45) is -3.71. The average Bonchev–Trinajstić information content (AvgIpc) is 3.36. The number of hydrogen-bond acceptors (Lipinski definition) is 11. The Morgan fingerprint density at radius 1 is 0.959 bits per heavy atom. The number of esters is 4. The summed E-state index contributed by atoms with van der Waals surface area (Å²) in [5, 5.41) is 1.47. The minimum atomic E-state index is -1.41. The number of rotatable bonds is 8. The molecule has 264 valence electrons. The van der Waals surface area contributed by atoms with Crippen molar-refractivity contribution in [1.82, 2.24) is 0 Å². The Morgan fingerprint density at radius 2 is 1.57 bits per heavy atom. The quantitative estimate of drug-likeness (QED) is 0.213. The molecule has 3 aliphatic carbocycles. The Balaban J connectivity index is 1.37. The van der Waals surface area contributed by atoms with E-state index >= 15 is 0 Å². The molecule has 1 saturated heterocycles. The second-order valence-corrected chi connectivity index (χ2v) is 15.1. The van der Waals surface area contributed by atoms with Crippen LogP contribution in [0.4, 0.5) is 5.69 Å². The second-order valence-electron chi connectivity index (χ2n) is 14.8. The van der Waals surface area contributed by atoms with Crippen LogP contribution in [0, 0.1) is 16.7 Å². The van der Waals surface area contributed by atoms with Crippen LogP contribution in [0.1, 0.15) is 72.3 Å². The first-order valence-corrected chi connectivity index (χ1v) is 17.0. The SMILES string of the molecule is COC(=O)[C@H]1O[C@@H](Oc2cc3c(c4ccccc24)[C@H](CCl)CN3C(=O)C23CC(C(=O)OC(C)(C)C)(C2)C3)[C@H](OC(C)=O)[C@@H](OC(C)=O)[C@@H]1C. The first kappa shape index (κ1) is 34.9. The number of carbonyl (C=O) groups excluding carboxylic acids is 5. The number of fused-ring (bicyclic) bond motifs is 3. The lowest BCUT2D eigenvalue weighted by Crippen LogP contribution is -2.71. The number of carbonyl (C=O) groups is 5. The lowest BCUT2D eigenvalue weighted by molar-refractivity contribution is -0.266. The average molecular weight is 700 g/mol. The van der Waals surface area contributed by atoms with Gasteiger partial charge in [-0.25, -0.2) is 4.79 Å². The number of benzene rings is 2. The molecular weight excluding hydrogens is 658 g/mol. The molecule has 0 aromatic heterocycles. The van der Waals surface area contributed by atoms with Gasteiger partial charge in [0, 0.05) is 49.6 Å². The number of halogens is 1. The number of nitrogens with zero attached hydrogens (tertiary/aromatic N) is 1.